The fourth-order valence-electron chi connectivity index (χ4n) is 2.18. The van der Waals surface area contributed by atoms with Crippen LogP contribution in [-0.4, -0.2) is 38.5 Å². The van der Waals surface area contributed by atoms with Gasteiger partial charge in [0.1, 0.15) is 0 Å². The zero-order chi connectivity index (χ0) is 12.6. The second-order valence-corrected chi connectivity index (χ2v) is 5.78. The van der Waals surface area contributed by atoms with Crippen molar-refractivity contribution in [2.45, 2.75) is 45.9 Å². The van der Waals surface area contributed by atoms with Gasteiger partial charge in [-0.25, -0.2) is 0 Å². The van der Waals surface area contributed by atoms with Crippen molar-refractivity contribution in [3.8, 4) is 0 Å². The van der Waals surface area contributed by atoms with Gasteiger partial charge in [0.15, 0.2) is 0 Å². The molecule has 0 bridgehead atoms. The standard InChI is InChI=1S/C13H23N3O/c1-10(2)13(17)8-15(9-13)7-12-5-6-16(14-12)11(3)4/h5-6,10-11,17H,7-9H2,1-4H3. The lowest BCUT2D eigenvalue weighted by Gasteiger charge is -2.48. The number of hydrogen-bond acceptors (Lipinski definition) is 3. The lowest BCUT2D eigenvalue weighted by atomic mass is 9.83. The van der Waals surface area contributed by atoms with Crippen LogP contribution in [0, 0.1) is 5.92 Å². The molecule has 1 aromatic rings. The number of hydrogen-bond donors (Lipinski definition) is 1. The fraction of sp³-hybridized carbons (Fsp3) is 0.769. The van der Waals surface area contributed by atoms with Crippen LogP contribution in [0.25, 0.3) is 0 Å². The number of aliphatic hydroxyl groups is 1. The first-order valence-corrected chi connectivity index (χ1v) is 6.39. The summed E-state index contributed by atoms with van der Waals surface area (Å²) in [7, 11) is 0. The van der Waals surface area contributed by atoms with Crippen LogP contribution in [0.4, 0.5) is 0 Å². The van der Waals surface area contributed by atoms with Gasteiger partial charge in [-0.15, -0.1) is 0 Å². The smallest absolute Gasteiger partial charge is 0.0923 e. The molecule has 1 aliphatic rings. The Hall–Kier alpha value is -0.870. The van der Waals surface area contributed by atoms with Crippen molar-refractivity contribution in [3.05, 3.63) is 18.0 Å². The van der Waals surface area contributed by atoms with Crippen molar-refractivity contribution < 1.29 is 5.11 Å². The molecule has 1 N–H and O–H groups in total. The lowest BCUT2D eigenvalue weighted by molar-refractivity contribution is -0.131. The molecular formula is C13H23N3O. The highest BCUT2D eigenvalue weighted by Gasteiger charge is 2.43. The van der Waals surface area contributed by atoms with Crippen LogP contribution in [0.15, 0.2) is 12.3 Å². The van der Waals surface area contributed by atoms with Crippen LogP contribution < -0.4 is 0 Å². The summed E-state index contributed by atoms with van der Waals surface area (Å²) < 4.78 is 1.98. The molecule has 0 saturated carbocycles. The van der Waals surface area contributed by atoms with Crippen LogP contribution in [0.3, 0.4) is 0 Å². The maximum Gasteiger partial charge on any atom is 0.0923 e. The van der Waals surface area contributed by atoms with E-state index in [0.717, 1.165) is 25.3 Å². The average molecular weight is 237 g/mol. The summed E-state index contributed by atoms with van der Waals surface area (Å²) in [6.07, 6.45) is 2.02. The van der Waals surface area contributed by atoms with Gasteiger partial charge in [-0.05, 0) is 25.8 Å². The zero-order valence-electron chi connectivity index (χ0n) is 11.2. The predicted octanol–water partition coefficient (Wildman–Crippen LogP) is 1.67. The zero-order valence-corrected chi connectivity index (χ0v) is 11.2. The molecule has 0 unspecified atom stereocenters. The second kappa shape index (κ2) is 4.42. The minimum absolute atomic E-state index is 0.326. The molecule has 96 valence electrons. The Morgan fingerprint density at radius 3 is 2.47 bits per heavy atom. The third-order valence-electron chi connectivity index (χ3n) is 3.65. The first-order chi connectivity index (χ1) is 7.90. The minimum Gasteiger partial charge on any atom is -0.387 e. The monoisotopic (exact) mass is 237 g/mol. The maximum atomic E-state index is 10.2. The highest BCUT2D eigenvalue weighted by Crippen LogP contribution is 2.29. The molecule has 2 rings (SSSR count). The Morgan fingerprint density at radius 2 is 2.00 bits per heavy atom. The first-order valence-electron chi connectivity index (χ1n) is 6.39. The van der Waals surface area contributed by atoms with Crippen LogP contribution in [-0.2, 0) is 6.54 Å². The van der Waals surface area contributed by atoms with E-state index in [1.165, 1.54) is 0 Å². The molecule has 4 heteroatoms. The highest BCUT2D eigenvalue weighted by molar-refractivity contribution is 5.04. The molecule has 17 heavy (non-hydrogen) atoms. The van der Waals surface area contributed by atoms with E-state index in [-0.39, 0.29) is 0 Å². The number of rotatable bonds is 4. The summed E-state index contributed by atoms with van der Waals surface area (Å²) in [5, 5.41) is 14.7. The SMILES string of the molecule is CC(C)n1ccc(CN2CC(O)(C(C)C)C2)n1. The largest absolute Gasteiger partial charge is 0.387 e. The molecule has 0 spiro atoms. The van der Waals surface area contributed by atoms with Crippen molar-refractivity contribution >= 4 is 0 Å². The Labute approximate surface area is 103 Å². The Kier molecular flexibility index (Phi) is 3.27. The van der Waals surface area contributed by atoms with E-state index in [0.29, 0.717) is 12.0 Å². The van der Waals surface area contributed by atoms with Gasteiger partial charge >= 0.3 is 0 Å². The Bertz CT molecular complexity index is 378. The van der Waals surface area contributed by atoms with E-state index in [9.17, 15) is 5.11 Å². The van der Waals surface area contributed by atoms with Gasteiger partial charge in [0.25, 0.3) is 0 Å². The van der Waals surface area contributed by atoms with Crippen molar-refractivity contribution in [1.29, 1.82) is 0 Å². The summed E-state index contributed by atoms with van der Waals surface area (Å²) in [5.41, 5.74) is 0.602. The van der Waals surface area contributed by atoms with Crippen LogP contribution in [0.1, 0.15) is 39.4 Å². The molecule has 0 atom stereocenters. The number of β-amino-alcohol motifs (C(OH)–C–C–N with tert-alkyl or cyclic N) is 1. The molecule has 1 aliphatic heterocycles. The van der Waals surface area contributed by atoms with E-state index in [1.807, 2.05) is 10.9 Å². The molecule has 0 amide bonds. The van der Waals surface area contributed by atoms with Gasteiger partial charge in [-0.1, -0.05) is 13.8 Å². The molecule has 0 radical (unpaired) electrons. The molecule has 0 aliphatic carbocycles. The average Bonchev–Trinajstić information content (AvgIpc) is 2.63. The second-order valence-electron chi connectivity index (χ2n) is 5.78. The van der Waals surface area contributed by atoms with E-state index in [4.69, 9.17) is 0 Å². The van der Waals surface area contributed by atoms with Crippen LogP contribution >= 0.6 is 0 Å². The molecular weight excluding hydrogens is 214 g/mol. The highest BCUT2D eigenvalue weighted by atomic mass is 16.3. The van der Waals surface area contributed by atoms with E-state index < -0.39 is 5.60 Å². The van der Waals surface area contributed by atoms with Gasteiger partial charge in [0.2, 0.25) is 0 Å². The first kappa shape index (κ1) is 12.6. The van der Waals surface area contributed by atoms with Gasteiger partial charge in [-0.3, -0.25) is 9.58 Å². The summed E-state index contributed by atoms with van der Waals surface area (Å²) in [6, 6.07) is 2.47. The van der Waals surface area contributed by atoms with Gasteiger partial charge < -0.3 is 5.11 Å². The Balaban J connectivity index is 1.87. The third-order valence-corrected chi connectivity index (χ3v) is 3.65. The van der Waals surface area contributed by atoms with Crippen molar-refractivity contribution in [2.24, 2.45) is 5.92 Å². The minimum atomic E-state index is -0.486. The molecule has 2 heterocycles. The normalized spacial score (nSPS) is 19.9. The predicted molar refractivity (Wildman–Crippen MR) is 67.7 cm³/mol. The fourth-order valence-corrected chi connectivity index (χ4v) is 2.18. The summed E-state index contributed by atoms with van der Waals surface area (Å²) >= 11 is 0. The summed E-state index contributed by atoms with van der Waals surface area (Å²) in [6.45, 7) is 10.8. The molecule has 0 aromatic carbocycles. The van der Waals surface area contributed by atoms with Crippen molar-refractivity contribution in [3.63, 3.8) is 0 Å². The molecule has 1 aromatic heterocycles. The van der Waals surface area contributed by atoms with Crippen LogP contribution in [0.5, 0.6) is 0 Å². The van der Waals surface area contributed by atoms with E-state index in [2.05, 4.69) is 43.8 Å². The van der Waals surface area contributed by atoms with Gasteiger partial charge in [0, 0.05) is 31.9 Å². The molecule has 1 fully saturated rings. The maximum absolute atomic E-state index is 10.2. The van der Waals surface area contributed by atoms with Gasteiger partial charge in [0.05, 0.1) is 11.3 Å². The lowest BCUT2D eigenvalue weighted by Crippen LogP contribution is -2.63. The number of nitrogens with zero attached hydrogens (tertiary/aromatic N) is 3. The Morgan fingerprint density at radius 1 is 1.35 bits per heavy atom. The van der Waals surface area contributed by atoms with E-state index >= 15 is 0 Å². The van der Waals surface area contributed by atoms with E-state index in [1.54, 1.807) is 0 Å². The van der Waals surface area contributed by atoms with Crippen molar-refractivity contribution in [2.75, 3.05) is 13.1 Å². The van der Waals surface area contributed by atoms with Gasteiger partial charge in [-0.2, -0.15) is 5.10 Å². The molecule has 1 saturated heterocycles. The van der Waals surface area contributed by atoms with Crippen LogP contribution in [0.2, 0.25) is 0 Å². The molecule has 4 nitrogen and oxygen atoms in total. The number of aromatic nitrogens is 2. The third kappa shape index (κ3) is 2.53. The number of likely N-dealkylation sites (tertiary alicyclic amines) is 1. The summed E-state index contributed by atoms with van der Waals surface area (Å²) in [5.74, 6) is 0.326. The van der Waals surface area contributed by atoms with Crippen molar-refractivity contribution in [1.82, 2.24) is 14.7 Å². The summed E-state index contributed by atoms with van der Waals surface area (Å²) in [4.78, 5) is 2.24. The quantitative estimate of drug-likeness (QED) is 0.866. The topological polar surface area (TPSA) is 41.3 Å².